The zero-order valence-corrected chi connectivity index (χ0v) is 11.8. The third kappa shape index (κ3) is 3.61. The molecule has 18 heavy (non-hydrogen) atoms. The molecule has 1 fully saturated rings. The van der Waals surface area contributed by atoms with Crippen LogP contribution < -0.4 is 11.1 Å². The van der Waals surface area contributed by atoms with E-state index in [1.807, 2.05) is 31.2 Å². The van der Waals surface area contributed by atoms with Gasteiger partial charge in [0.2, 0.25) is 5.91 Å². The minimum atomic E-state index is 0. The first kappa shape index (κ1) is 15.3. The number of amides is 1. The van der Waals surface area contributed by atoms with E-state index in [1.54, 1.807) is 0 Å². The van der Waals surface area contributed by atoms with E-state index in [4.69, 9.17) is 17.3 Å². The fourth-order valence-corrected chi connectivity index (χ4v) is 2.20. The number of nitrogens with two attached hydrogens (primary N) is 1. The van der Waals surface area contributed by atoms with Crippen LogP contribution in [0.25, 0.3) is 0 Å². The topological polar surface area (TPSA) is 55.1 Å². The molecule has 0 aliphatic heterocycles. The maximum atomic E-state index is 11.8. The quantitative estimate of drug-likeness (QED) is 0.893. The number of halogens is 2. The van der Waals surface area contributed by atoms with Crippen LogP contribution in [0.15, 0.2) is 24.3 Å². The molecule has 5 heteroatoms. The van der Waals surface area contributed by atoms with Gasteiger partial charge in [-0.1, -0.05) is 23.7 Å². The predicted molar refractivity (Wildman–Crippen MR) is 76.2 cm³/mol. The third-order valence-corrected chi connectivity index (χ3v) is 3.38. The van der Waals surface area contributed by atoms with Gasteiger partial charge in [0.05, 0.1) is 0 Å². The van der Waals surface area contributed by atoms with Gasteiger partial charge in [0.15, 0.2) is 0 Å². The molecule has 1 aromatic rings. The summed E-state index contributed by atoms with van der Waals surface area (Å²) in [5.41, 5.74) is 6.63. The Balaban J connectivity index is 0.00000162. The van der Waals surface area contributed by atoms with Crippen LogP contribution in [-0.2, 0) is 4.79 Å². The summed E-state index contributed by atoms with van der Waals surface area (Å²) in [4.78, 5) is 11.8. The second kappa shape index (κ2) is 6.41. The first-order valence-electron chi connectivity index (χ1n) is 5.87. The van der Waals surface area contributed by atoms with Gasteiger partial charge in [-0.15, -0.1) is 12.4 Å². The summed E-state index contributed by atoms with van der Waals surface area (Å²) in [6, 6.07) is 7.78. The number of hydrogen-bond donors (Lipinski definition) is 2. The Morgan fingerprint density at radius 3 is 2.94 bits per heavy atom. The van der Waals surface area contributed by atoms with Gasteiger partial charge in [-0.25, -0.2) is 0 Å². The number of carbonyl (C=O) groups is 1. The summed E-state index contributed by atoms with van der Waals surface area (Å²) in [5, 5.41) is 3.63. The molecule has 0 bridgehead atoms. The molecule has 1 aliphatic carbocycles. The Morgan fingerprint density at radius 2 is 2.33 bits per heavy atom. The van der Waals surface area contributed by atoms with Crippen LogP contribution >= 0.6 is 24.0 Å². The minimum absolute atomic E-state index is 0. The van der Waals surface area contributed by atoms with Gasteiger partial charge in [0, 0.05) is 23.5 Å². The second-order valence-electron chi connectivity index (χ2n) is 4.65. The number of rotatable bonds is 4. The van der Waals surface area contributed by atoms with Gasteiger partial charge in [-0.05, 0) is 37.0 Å². The van der Waals surface area contributed by atoms with Gasteiger partial charge in [0.25, 0.3) is 0 Å². The van der Waals surface area contributed by atoms with E-state index in [-0.39, 0.29) is 30.3 Å². The van der Waals surface area contributed by atoms with Crippen molar-refractivity contribution in [3.8, 4) is 0 Å². The molecular formula is C13H18Cl2N2O. The van der Waals surface area contributed by atoms with Crippen LogP contribution in [0.4, 0.5) is 0 Å². The van der Waals surface area contributed by atoms with E-state index < -0.39 is 0 Å². The zero-order valence-electron chi connectivity index (χ0n) is 10.2. The summed E-state index contributed by atoms with van der Waals surface area (Å²) in [6.07, 6.45) is 0.906. The normalized spacial score (nSPS) is 22.8. The molecule has 2 rings (SSSR count). The lowest BCUT2D eigenvalue weighted by atomic mass is 10.1. The zero-order chi connectivity index (χ0) is 12.4. The Morgan fingerprint density at radius 1 is 1.61 bits per heavy atom. The van der Waals surface area contributed by atoms with E-state index >= 15 is 0 Å². The molecular weight excluding hydrogens is 271 g/mol. The van der Waals surface area contributed by atoms with Crippen LogP contribution in [-0.4, -0.2) is 18.5 Å². The van der Waals surface area contributed by atoms with E-state index in [9.17, 15) is 4.79 Å². The SMILES string of the molecule is C[C@@H](CN)NC(=O)C1CC1c1cccc(Cl)c1.Cl. The number of nitrogens with one attached hydrogen (secondary N) is 1. The minimum Gasteiger partial charge on any atom is -0.352 e. The molecule has 3 N–H and O–H groups in total. The second-order valence-corrected chi connectivity index (χ2v) is 5.09. The highest BCUT2D eigenvalue weighted by Crippen LogP contribution is 2.47. The Labute approximate surface area is 118 Å². The lowest BCUT2D eigenvalue weighted by Crippen LogP contribution is -2.38. The molecule has 0 spiro atoms. The van der Waals surface area contributed by atoms with Gasteiger partial charge >= 0.3 is 0 Å². The molecule has 0 aromatic heterocycles. The Bertz CT molecular complexity index is 425. The lowest BCUT2D eigenvalue weighted by Gasteiger charge is -2.10. The van der Waals surface area contributed by atoms with Crippen molar-refractivity contribution in [2.24, 2.45) is 11.7 Å². The molecule has 0 saturated heterocycles. The van der Waals surface area contributed by atoms with Crippen LogP contribution in [0.3, 0.4) is 0 Å². The van der Waals surface area contributed by atoms with Crippen molar-refractivity contribution in [1.82, 2.24) is 5.32 Å². The summed E-state index contributed by atoms with van der Waals surface area (Å²) in [5.74, 6) is 0.508. The van der Waals surface area contributed by atoms with E-state index in [0.717, 1.165) is 17.0 Å². The van der Waals surface area contributed by atoms with E-state index in [0.29, 0.717) is 12.5 Å². The molecule has 1 amide bonds. The van der Waals surface area contributed by atoms with Gasteiger partial charge in [-0.3, -0.25) is 4.79 Å². The average Bonchev–Trinajstić information content (AvgIpc) is 3.08. The smallest absolute Gasteiger partial charge is 0.224 e. The van der Waals surface area contributed by atoms with Crippen molar-refractivity contribution in [1.29, 1.82) is 0 Å². The maximum absolute atomic E-state index is 11.8. The average molecular weight is 289 g/mol. The summed E-state index contributed by atoms with van der Waals surface area (Å²) < 4.78 is 0. The molecule has 1 saturated carbocycles. The van der Waals surface area contributed by atoms with Crippen molar-refractivity contribution in [2.75, 3.05) is 6.54 Å². The number of carbonyl (C=O) groups excluding carboxylic acids is 1. The fourth-order valence-electron chi connectivity index (χ4n) is 2.00. The molecule has 3 nitrogen and oxygen atoms in total. The molecule has 1 aliphatic rings. The van der Waals surface area contributed by atoms with Gasteiger partial charge < -0.3 is 11.1 Å². The van der Waals surface area contributed by atoms with E-state index in [2.05, 4.69) is 5.32 Å². The van der Waals surface area contributed by atoms with Crippen molar-refractivity contribution < 1.29 is 4.79 Å². The molecule has 100 valence electrons. The highest BCUT2D eigenvalue weighted by atomic mass is 35.5. The van der Waals surface area contributed by atoms with Gasteiger partial charge in [0.1, 0.15) is 0 Å². The maximum Gasteiger partial charge on any atom is 0.224 e. The monoisotopic (exact) mass is 288 g/mol. The van der Waals surface area contributed by atoms with Crippen molar-refractivity contribution in [3.05, 3.63) is 34.9 Å². The van der Waals surface area contributed by atoms with E-state index in [1.165, 1.54) is 0 Å². The van der Waals surface area contributed by atoms with Crippen molar-refractivity contribution >= 4 is 29.9 Å². The summed E-state index contributed by atoms with van der Waals surface area (Å²) >= 11 is 5.93. The lowest BCUT2D eigenvalue weighted by molar-refractivity contribution is -0.122. The highest BCUT2D eigenvalue weighted by Gasteiger charge is 2.44. The molecule has 0 heterocycles. The fraction of sp³-hybridized carbons (Fsp3) is 0.462. The number of benzene rings is 1. The van der Waals surface area contributed by atoms with Gasteiger partial charge in [-0.2, -0.15) is 0 Å². The number of hydrogen-bond acceptors (Lipinski definition) is 2. The van der Waals surface area contributed by atoms with Crippen LogP contribution in [0.2, 0.25) is 5.02 Å². The van der Waals surface area contributed by atoms with Crippen molar-refractivity contribution in [2.45, 2.75) is 25.3 Å². The predicted octanol–water partition coefficient (Wildman–Crippen LogP) is 2.33. The molecule has 3 atom stereocenters. The molecule has 2 unspecified atom stereocenters. The summed E-state index contributed by atoms with van der Waals surface area (Å²) in [6.45, 7) is 2.38. The highest BCUT2D eigenvalue weighted by molar-refractivity contribution is 6.30. The van der Waals surface area contributed by atoms with Crippen LogP contribution in [0.1, 0.15) is 24.8 Å². The Hall–Kier alpha value is -0.770. The molecule has 1 aromatic carbocycles. The molecule has 0 radical (unpaired) electrons. The summed E-state index contributed by atoms with van der Waals surface area (Å²) in [7, 11) is 0. The third-order valence-electron chi connectivity index (χ3n) is 3.15. The first-order chi connectivity index (χ1) is 8.11. The van der Waals surface area contributed by atoms with Crippen molar-refractivity contribution in [3.63, 3.8) is 0 Å². The first-order valence-corrected chi connectivity index (χ1v) is 6.25. The van der Waals surface area contributed by atoms with Crippen LogP contribution in [0.5, 0.6) is 0 Å². The van der Waals surface area contributed by atoms with Crippen LogP contribution in [0, 0.1) is 5.92 Å². The largest absolute Gasteiger partial charge is 0.352 e. The Kier molecular flexibility index (Phi) is 5.45. The standard InChI is InChI=1S/C13H17ClN2O.ClH/c1-8(7-15)16-13(17)12-6-11(12)9-3-2-4-10(14)5-9;/h2-5,8,11-12H,6-7,15H2,1H3,(H,16,17);1H/t8-,11?,12?;/m0./s1.